The predicted molar refractivity (Wildman–Crippen MR) is 109 cm³/mol. The molecule has 2 aromatic carbocycles. The third-order valence-electron chi connectivity index (χ3n) is 4.35. The van der Waals surface area contributed by atoms with E-state index in [1.54, 1.807) is 0 Å². The van der Waals surface area contributed by atoms with Gasteiger partial charge in [-0.15, -0.1) is 6.58 Å². The maximum atomic E-state index is 12.3. The Hall–Kier alpha value is -2.44. The maximum Gasteiger partial charge on any atom is 0.251 e. The summed E-state index contributed by atoms with van der Waals surface area (Å²) in [5.41, 5.74) is 5.35. The highest BCUT2D eigenvalue weighted by molar-refractivity contribution is 7.89. The minimum atomic E-state index is -3.58. The summed E-state index contributed by atoms with van der Waals surface area (Å²) < 4.78 is 26.5. The van der Waals surface area contributed by atoms with Crippen molar-refractivity contribution in [1.29, 1.82) is 0 Å². The number of carbonyl (C=O) groups is 1. The second-order valence-corrected chi connectivity index (χ2v) is 8.32. The predicted octanol–water partition coefficient (Wildman–Crippen LogP) is 3.05. The lowest BCUT2D eigenvalue weighted by molar-refractivity contribution is 0.0954. The molecule has 0 spiro atoms. The molecule has 6 heteroatoms. The van der Waals surface area contributed by atoms with Crippen molar-refractivity contribution >= 4 is 15.9 Å². The molecule has 2 N–H and O–H groups in total. The molecule has 0 aromatic heterocycles. The molecule has 1 amide bonds. The molecular weight excluding hydrogens is 360 g/mol. The van der Waals surface area contributed by atoms with Crippen LogP contribution in [0.5, 0.6) is 0 Å². The van der Waals surface area contributed by atoms with E-state index in [9.17, 15) is 13.2 Å². The van der Waals surface area contributed by atoms with Gasteiger partial charge in [0.15, 0.2) is 0 Å². The van der Waals surface area contributed by atoms with Gasteiger partial charge in [0.2, 0.25) is 10.0 Å². The normalized spacial score (nSPS) is 11.2. The van der Waals surface area contributed by atoms with Gasteiger partial charge in [0, 0.05) is 18.7 Å². The fraction of sp³-hybridized carbons (Fsp3) is 0.286. The monoisotopic (exact) mass is 386 g/mol. The fourth-order valence-corrected chi connectivity index (χ4v) is 4.04. The van der Waals surface area contributed by atoms with Crippen molar-refractivity contribution in [2.24, 2.45) is 0 Å². The number of benzene rings is 2. The van der Waals surface area contributed by atoms with Gasteiger partial charge >= 0.3 is 0 Å². The lowest BCUT2D eigenvalue weighted by Gasteiger charge is -2.12. The fourth-order valence-electron chi connectivity index (χ4n) is 3.04. The Labute approximate surface area is 161 Å². The molecule has 0 saturated heterocycles. The first-order chi connectivity index (χ1) is 12.7. The Balaban J connectivity index is 1.98. The number of nitrogens with one attached hydrogen (secondary N) is 2. The van der Waals surface area contributed by atoms with E-state index in [-0.39, 0.29) is 17.3 Å². The van der Waals surface area contributed by atoms with Gasteiger partial charge in [0.05, 0.1) is 4.90 Å². The zero-order valence-electron chi connectivity index (χ0n) is 16.0. The number of rotatable bonds is 8. The highest BCUT2D eigenvalue weighted by atomic mass is 32.2. The van der Waals surface area contributed by atoms with E-state index in [0.717, 1.165) is 6.42 Å². The Morgan fingerprint density at radius 3 is 2.22 bits per heavy atom. The molecule has 0 heterocycles. The molecule has 0 aliphatic rings. The summed E-state index contributed by atoms with van der Waals surface area (Å²) in [7, 11) is -3.58. The van der Waals surface area contributed by atoms with Gasteiger partial charge < -0.3 is 5.32 Å². The van der Waals surface area contributed by atoms with Gasteiger partial charge in [-0.25, -0.2) is 13.1 Å². The second kappa shape index (κ2) is 8.97. The third-order valence-corrected chi connectivity index (χ3v) is 5.78. The number of hydrogen-bond acceptors (Lipinski definition) is 3. The number of hydrogen-bond donors (Lipinski definition) is 2. The standard InChI is InChI=1S/C21H26N2O3S/c1-5-11-23-27(25,26)19-8-6-18(7-9-19)21(24)22-12-10-20-16(3)13-15(2)14-17(20)4/h5-9,13-14,23H,1,10-12H2,2-4H3,(H,22,24). The second-order valence-electron chi connectivity index (χ2n) is 6.55. The Bertz CT molecular complexity index is 909. The topological polar surface area (TPSA) is 75.3 Å². The number of sulfonamides is 1. The number of aryl methyl sites for hydroxylation is 3. The Kier molecular flexibility index (Phi) is 6.93. The van der Waals surface area contributed by atoms with Crippen LogP contribution in [0.4, 0.5) is 0 Å². The van der Waals surface area contributed by atoms with E-state index in [0.29, 0.717) is 12.1 Å². The molecule has 0 unspecified atom stereocenters. The molecule has 0 radical (unpaired) electrons. The van der Waals surface area contributed by atoms with Gasteiger partial charge in [-0.05, 0) is 68.1 Å². The van der Waals surface area contributed by atoms with Crippen molar-refractivity contribution in [2.75, 3.05) is 13.1 Å². The van der Waals surface area contributed by atoms with Crippen LogP contribution in [0, 0.1) is 20.8 Å². The van der Waals surface area contributed by atoms with E-state index < -0.39 is 10.0 Å². The lowest BCUT2D eigenvalue weighted by Crippen LogP contribution is -2.26. The molecule has 144 valence electrons. The molecular formula is C21H26N2O3S. The zero-order chi connectivity index (χ0) is 20.0. The smallest absolute Gasteiger partial charge is 0.251 e. The van der Waals surface area contributed by atoms with Crippen molar-refractivity contribution in [3.63, 3.8) is 0 Å². The van der Waals surface area contributed by atoms with Crippen molar-refractivity contribution in [1.82, 2.24) is 10.0 Å². The van der Waals surface area contributed by atoms with E-state index in [1.165, 1.54) is 52.6 Å². The van der Waals surface area contributed by atoms with Gasteiger partial charge in [-0.3, -0.25) is 4.79 Å². The largest absolute Gasteiger partial charge is 0.352 e. The third kappa shape index (κ3) is 5.52. The summed E-state index contributed by atoms with van der Waals surface area (Å²) in [6.07, 6.45) is 2.22. The van der Waals surface area contributed by atoms with Crippen LogP contribution in [-0.2, 0) is 16.4 Å². The first-order valence-electron chi connectivity index (χ1n) is 8.80. The van der Waals surface area contributed by atoms with Crippen molar-refractivity contribution in [3.8, 4) is 0 Å². The minimum Gasteiger partial charge on any atom is -0.352 e. The van der Waals surface area contributed by atoms with Crippen LogP contribution < -0.4 is 10.0 Å². The molecule has 0 aliphatic heterocycles. The van der Waals surface area contributed by atoms with Crippen LogP contribution in [0.2, 0.25) is 0 Å². The van der Waals surface area contributed by atoms with Crippen LogP contribution >= 0.6 is 0 Å². The van der Waals surface area contributed by atoms with Crippen molar-refractivity contribution in [3.05, 3.63) is 76.9 Å². The zero-order valence-corrected chi connectivity index (χ0v) is 16.8. The summed E-state index contributed by atoms with van der Waals surface area (Å²) in [6, 6.07) is 10.2. The van der Waals surface area contributed by atoms with Gasteiger partial charge in [-0.2, -0.15) is 0 Å². The molecule has 0 aliphatic carbocycles. The Morgan fingerprint density at radius 1 is 1.07 bits per heavy atom. The summed E-state index contributed by atoms with van der Waals surface area (Å²) in [5.74, 6) is -0.222. The summed E-state index contributed by atoms with van der Waals surface area (Å²) >= 11 is 0. The van der Waals surface area contributed by atoms with Crippen LogP contribution in [-0.4, -0.2) is 27.4 Å². The average Bonchev–Trinajstić information content (AvgIpc) is 2.62. The van der Waals surface area contributed by atoms with E-state index in [4.69, 9.17) is 0 Å². The van der Waals surface area contributed by atoms with Crippen LogP contribution in [0.15, 0.2) is 53.9 Å². The molecule has 0 fully saturated rings. The van der Waals surface area contributed by atoms with E-state index in [1.807, 2.05) is 0 Å². The first-order valence-corrected chi connectivity index (χ1v) is 10.3. The van der Waals surface area contributed by atoms with Crippen LogP contribution in [0.25, 0.3) is 0 Å². The Morgan fingerprint density at radius 2 is 1.67 bits per heavy atom. The quantitative estimate of drug-likeness (QED) is 0.685. The highest BCUT2D eigenvalue weighted by Crippen LogP contribution is 2.16. The SMILES string of the molecule is C=CCNS(=O)(=O)c1ccc(C(=O)NCCc2c(C)cc(C)cc2C)cc1. The number of carbonyl (C=O) groups excluding carboxylic acids is 1. The highest BCUT2D eigenvalue weighted by Gasteiger charge is 2.14. The summed E-state index contributed by atoms with van der Waals surface area (Å²) in [5, 5.41) is 2.89. The molecule has 2 rings (SSSR count). The van der Waals surface area contributed by atoms with Gasteiger partial charge in [-0.1, -0.05) is 23.8 Å². The van der Waals surface area contributed by atoms with Gasteiger partial charge in [0.25, 0.3) is 5.91 Å². The van der Waals surface area contributed by atoms with Crippen LogP contribution in [0.3, 0.4) is 0 Å². The van der Waals surface area contributed by atoms with E-state index in [2.05, 4.69) is 49.5 Å². The molecule has 2 aromatic rings. The minimum absolute atomic E-state index is 0.117. The number of amides is 1. The molecule has 0 atom stereocenters. The van der Waals surface area contributed by atoms with E-state index >= 15 is 0 Å². The average molecular weight is 387 g/mol. The van der Waals surface area contributed by atoms with Crippen LogP contribution in [0.1, 0.15) is 32.6 Å². The first kappa shape index (κ1) is 20.9. The summed E-state index contributed by atoms with van der Waals surface area (Å²) in [4.78, 5) is 12.4. The van der Waals surface area contributed by atoms with Gasteiger partial charge in [0.1, 0.15) is 0 Å². The molecule has 5 nitrogen and oxygen atoms in total. The summed E-state index contributed by atoms with van der Waals surface area (Å²) in [6.45, 7) is 10.4. The van der Waals surface area contributed by atoms with Crippen molar-refractivity contribution in [2.45, 2.75) is 32.1 Å². The lowest BCUT2D eigenvalue weighted by atomic mass is 9.97. The van der Waals surface area contributed by atoms with Crippen molar-refractivity contribution < 1.29 is 13.2 Å². The molecule has 0 saturated carbocycles. The molecule has 27 heavy (non-hydrogen) atoms. The maximum absolute atomic E-state index is 12.3. The molecule has 0 bridgehead atoms.